The third-order valence-corrected chi connectivity index (χ3v) is 3.71. The number of furan rings is 1. The first-order valence-corrected chi connectivity index (χ1v) is 6.49. The molecule has 0 aromatic carbocycles. The van der Waals surface area contributed by atoms with Crippen molar-refractivity contribution in [1.82, 2.24) is 9.78 Å². The molecule has 0 aliphatic carbocycles. The Balaban J connectivity index is 2.77. The van der Waals surface area contributed by atoms with Crippen LogP contribution in [-0.4, -0.2) is 17.8 Å². The molecule has 0 atom stereocenters. The van der Waals surface area contributed by atoms with Crippen molar-refractivity contribution in [2.75, 3.05) is 0 Å². The van der Waals surface area contributed by atoms with Crippen molar-refractivity contribution in [1.29, 1.82) is 5.26 Å². The molecule has 0 amide bonds. The van der Waals surface area contributed by atoms with Crippen LogP contribution < -0.4 is 0 Å². The first-order valence-electron chi connectivity index (χ1n) is 6.49. The van der Waals surface area contributed by atoms with Crippen molar-refractivity contribution < 1.29 is 9.07 Å². The topological polar surface area (TPSA) is 64.0 Å². The van der Waals surface area contributed by atoms with Gasteiger partial charge in [0.2, 0.25) is 0 Å². The van der Waals surface area contributed by atoms with E-state index in [0.29, 0.717) is 22.6 Å². The molecule has 6 heteroatoms. The van der Waals surface area contributed by atoms with Gasteiger partial charge in [-0.05, 0) is 38.8 Å². The van der Waals surface area contributed by atoms with E-state index in [1.54, 1.807) is 17.9 Å². The summed E-state index contributed by atoms with van der Waals surface area (Å²) in [5, 5.41) is 14.0. The van der Waals surface area contributed by atoms with Gasteiger partial charge in [0, 0.05) is 12.7 Å². The lowest BCUT2D eigenvalue weighted by Gasteiger charge is -2.10. The molecule has 0 N–H and O–H groups in total. The highest BCUT2D eigenvalue weighted by atomic mass is 16.4. The van der Waals surface area contributed by atoms with E-state index in [-0.39, 0.29) is 5.76 Å². The standard InChI is InChI=1S/C15H16BN3O2/c1-8-7-20-11(4)13(8)15(21-16)12(6-17)14-9(2)10(3)19(5)18-14/h7H,1-5H3. The number of rotatable bonds is 3. The minimum absolute atomic E-state index is 0.280. The van der Waals surface area contributed by atoms with E-state index in [0.717, 1.165) is 16.8 Å². The van der Waals surface area contributed by atoms with Gasteiger partial charge >= 0.3 is 8.05 Å². The van der Waals surface area contributed by atoms with Crippen molar-refractivity contribution in [3.05, 3.63) is 40.1 Å². The number of nitriles is 1. The highest BCUT2D eigenvalue weighted by Gasteiger charge is 2.22. The zero-order valence-electron chi connectivity index (χ0n) is 12.8. The van der Waals surface area contributed by atoms with Gasteiger partial charge in [0.25, 0.3) is 0 Å². The molecule has 0 fully saturated rings. The maximum absolute atomic E-state index is 9.56. The third kappa shape index (κ3) is 2.36. The van der Waals surface area contributed by atoms with Crippen molar-refractivity contribution in [2.24, 2.45) is 7.05 Å². The minimum Gasteiger partial charge on any atom is -0.566 e. The van der Waals surface area contributed by atoms with Crippen LogP contribution in [0, 0.1) is 39.0 Å². The average Bonchev–Trinajstić information content (AvgIpc) is 2.91. The van der Waals surface area contributed by atoms with Gasteiger partial charge in [-0.1, -0.05) is 0 Å². The molecule has 0 bridgehead atoms. The highest BCUT2D eigenvalue weighted by molar-refractivity contribution is 6.07. The predicted molar refractivity (Wildman–Crippen MR) is 80.1 cm³/mol. The Labute approximate surface area is 125 Å². The lowest BCUT2D eigenvalue weighted by atomic mass is 10.0. The normalized spacial score (nSPS) is 12.0. The van der Waals surface area contributed by atoms with Crippen molar-refractivity contribution in [2.45, 2.75) is 27.7 Å². The fourth-order valence-corrected chi connectivity index (χ4v) is 2.32. The Bertz CT molecular complexity index is 743. The van der Waals surface area contributed by atoms with Gasteiger partial charge in [-0.2, -0.15) is 10.4 Å². The molecule has 2 heterocycles. The molecule has 0 aliphatic rings. The summed E-state index contributed by atoms with van der Waals surface area (Å²) in [6.07, 6.45) is 1.61. The molecule has 0 spiro atoms. The Hall–Kier alpha value is -2.42. The number of aryl methyl sites for hydroxylation is 3. The maximum Gasteiger partial charge on any atom is 0.374 e. The summed E-state index contributed by atoms with van der Waals surface area (Å²) < 4.78 is 12.1. The fourth-order valence-electron chi connectivity index (χ4n) is 2.32. The number of hydrogen-bond acceptors (Lipinski definition) is 4. The summed E-state index contributed by atoms with van der Waals surface area (Å²) in [6.45, 7) is 7.53. The lowest BCUT2D eigenvalue weighted by molar-refractivity contribution is 0.524. The van der Waals surface area contributed by atoms with Gasteiger partial charge < -0.3 is 9.07 Å². The zero-order chi connectivity index (χ0) is 15.7. The second-order valence-corrected chi connectivity index (χ2v) is 4.97. The minimum atomic E-state index is 0.280. The smallest absolute Gasteiger partial charge is 0.374 e. The fraction of sp³-hybridized carbons (Fsp3) is 0.333. The van der Waals surface area contributed by atoms with E-state index in [1.165, 1.54) is 0 Å². The largest absolute Gasteiger partial charge is 0.566 e. The van der Waals surface area contributed by atoms with E-state index >= 15 is 0 Å². The second kappa shape index (κ2) is 5.53. The Morgan fingerprint density at radius 2 is 2.05 bits per heavy atom. The van der Waals surface area contributed by atoms with Gasteiger partial charge in [0.15, 0.2) is 0 Å². The molecule has 2 aromatic heterocycles. The Kier molecular flexibility index (Phi) is 3.94. The van der Waals surface area contributed by atoms with E-state index in [1.807, 2.05) is 27.8 Å². The van der Waals surface area contributed by atoms with Gasteiger partial charge in [-0.25, -0.2) is 0 Å². The van der Waals surface area contributed by atoms with Crippen LogP contribution in [0.3, 0.4) is 0 Å². The second-order valence-electron chi connectivity index (χ2n) is 4.97. The van der Waals surface area contributed by atoms with Crippen LogP contribution >= 0.6 is 0 Å². The van der Waals surface area contributed by atoms with Gasteiger partial charge in [-0.3, -0.25) is 4.68 Å². The Morgan fingerprint density at radius 1 is 1.38 bits per heavy atom. The molecule has 2 aromatic rings. The number of aromatic nitrogens is 2. The van der Waals surface area contributed by atoms with Gasteiger partial charge in [0.1, 0.15) is 28.9 Å². The van der Waals surface area contributed by atoms with Crippen molar-refractivity contribution in [3.63, 3.8) is 0 Å². The number of nitrogens with zero attached hydrogens (tertiary/aromatic N) is 3. The van der Waals surface area contributed by atoms with Crippen LogP contribution in [0.5, 0.6) is 0 Å². The van der Waals surface area contributed by atoms with E-state index in [2.05, 4.69) is 11.2 Å². The molecule has 21 heavy (non-hydrogen) atoms. The van der Waals surface area contributed by atoms with Crippen molar-refractivity contribution >= 4 is 19.4 Å². The predicted octanol–water partition coefficient (Wildman–Crippen LogP) is 2.74. The summed E-state index contributed by atoms with van der Waals surface area (Å²) in [5.74, 6) is 0.924. The molecule has 5 nitrogen and oxygen atoms in total. The summed E-state index contributed by atoms with van der Waals surface area (Å²) in [4.78, 5) is 0. The Morgan fingerprint density at radius 3 is 2.43 bits per heavy atom. The molecule has 2 radical (unpaired) electrons. The summed E-state index contributed by atoms with van der Waals surface area (Å²) in [7, 11) is 7.26. The molecule has 0 aliphatic heterocycles. The van der Waals surface area contributed by atoms with E-state index < -0.39 is 0 Å². The third-order valence-electron chi connectivity index (χ3n) is 3.71. The molecule has 0 saturated carbocycles. The SMILES string of the molecule is [B]OC(=C(C#N)c1nn(C)c(C)c1C)c1c(C)coc1C. The maximum atomic E-state index is 9.56. The molecular formula is C15H16BN3O2. The van der Waals surface area contributed by atoms with Crippen LogP contribution in [0.4, 0.5) is 0 Å². The van der Waals surface area contributed by atoms with E-state index in [4.69, 9.17) is 17.1 Å². The number of allylic oxidation sites excluding steroid dienone is 1. The number of hydrogen-bond donors (Lipinski definition) is 0. The lowest BCUT2D eigenvalue weighted by Crippen LogP contribution is -1.99. The summed E-state index contributed by atoms with van der Waals surface area (Å²) in [6, 6.07) is 2.15. The van der Waals surface area contributed by atoms with Crippen molar-refractivity contribution in [3.8, 4) is 6.07 Å². The first kappa shape index (κ1) is 15.0. The van der Waals surface area contributed by atoms with Crippen LogP contribution in [0.15, 0.2) is 10.7 Å². The van der Waals surface area contributed by atoms with Gasteiger partial charge in [0.05, 0.1) is 11.8 Å². The summed E-state index contributed by atoms with van der Waals surface area (Å²) >= 11 is 0. The molecule has 106 valence electrons. The quantitative estimate of drug-likeness (QED) is 0.493. The molecule has 0 unspecified atom stereocenters. The van der Waals surface area contributed by atoms with Crippen LogP contribution in [0.25, 0.3) is 11.3 Å². The average molecular weight is 281 g/mol. The molecule has 0 saturated heterocycles. The first-order chi connectivity index (χ1) is 9.92. The highest BCUT2D eigenvalue weighted by Crippen LogP contribution is 2.32. The van der Waals surface area contributed by atoms with Crippen LogP contribution in [-0.2, 0) is 11.7 Å². The summed E-state index contributed by atoms with van der Waals surface area (Å²) in [5.41, 5.74) is 4.31. The van der Waals surface area contributed by atoms with Crippen LogP contribution in [0.1, 0.15) is 33.8 Å². The van der Waals surface area contributed by atoms with Crippen LogP contribution in [0.2, 0.25) is 0 Å². The van der Waals surface area contributed by atoms with E-state index in [9.17, 15) is 5.26 Å². The monoisotopic (exact) mass is 281 g/mol. The zero-order valence-corrected chi connectivity index (χ0v) is 12.8. The molecular weight excluding hydrogens is 265 g/mol. The molecule has 2 rings (SSSR count). The van der Waals surface area contributed by atoms with Gasteiger partial charge in [-0.15, -0.1) is 0 Å².